The van der Waals surface area contributed by atoms with Gasteiger partial charge in [0.05, 0.1) is 6.61 Å². The summed E-state index contributed by atoms with van der Waals surface area (Å²) >= 11 is 0. The molecule has 0 aliphatic carbocycles. The molecule has 0 aromatic heterocycles. The van der Waals surface area contributed by atoms with Crippen LogP contribution in [0, 0.1) is 0 Å². The molecule has 0 rings (SSSR count). The van der Waals surface area contributed by atoms with Gasteiger partial charge in [0.15, 0.2) is 0 Å². The number of rotatable bonds is 8. The molecular weight excluding hydrogens is 198 g/mol. The van der Waals surface area contributed by atoms with E-state index in [1.165, 1.54) is 0 Å². The number of phosphoric acid groups is 1. The monoisotopic (exact) mass is 214 g/mol. The molecule has 1 atom stereocenters. The Bertz CT molecular complexity index is 165. The summed E-state index contributed by atoms with van der Waals surface area (Å²) in [4.78, 5) is 8.46. The number of hydrogen-bond donors (Lipinski definition) is 1. The van der Waals surface area contributed by atoms with Crippen molar-refractivity contribution in [3.63, 3.8) is 0 Å². The molecule has 0 aliphatic rings. The number of halogens is 1. The van der Waals surface area contributed by atoms with Crippen LogP contribution in [0.2, 0.25) is 0 Å². The average Bonchev–Trinajstić information content (AvgIpc) is 2.11. The SMILES string of the molecule is CCCCCCCOP(=O)(O)OF. The van der Waals surface area contributed by atoms with Crippen molar-refractivity contribution in [2.24, 2.45) is 0 Å². The van der Waals surface area contributed by atoms with E-state index in [2.05, 4.69) is 16.2 Å². The summed E-state index contributed by atoms with van der Waals surface area (Å²) in [5.74, 6) is 0. The Morgan fingerprint density at radius 2 is 1.92 bits per heavy atom. The summed E-state index contributed by atoms with van der Waals surface area (Å²) in [6, 6.07) is 0. The van der Waals surface area contributed by atoms with E-state index in [0.717, 1.165) is 25.7 Å². The van der Waals surface area contributed by atoms with Crippen LogP contribution in [0.5, 0.6) is 0 Å². The van der Waals surface area contributed by atoms with E-state index < -0.39 is 7.82 Å². The van der Waals surface area contributed by atoms with Crippen molar-refractivity contribution in [3.8, 4) is 0 Å². The smallest absolute Gasteiger partial charge is 0.301 e. The summed E-state index contributed by atoms with van der Waals surface area (Å²) in [6.45, 7) is 2.15. The van der Waals surface area contributed by atoms with Gasteiger partial charge in [-0.05, 0) is 10.9 Å². The molecule has 0 amide bonds. The molecule has 1 unspecified atom stereocenters. The van der Waals surface area contributed by atoms with Crippen molar-refractivity contribution < 1.29 is 23.2 Å². The highest BCUT2D eigenvalue weighted by Gasteiger charge is 2.20. The number of unbranched alkanes of at least 4 members (excludes halogenated alkanes) is 4. The Morgan fingerprint density at radius 3 is 2.46 bits per heavy atom. The zero-order valence-electron chi connectivity index (χ0n) is 7.74. The maximum Gasteiger partial charge on any atom is 0.503 e. The van der Waals surface area contributed by atoms with Crippen LogP contribution in [0.4, 0.5) is 4.53 Å². The molecule has 0 spiro atoms. The molecule has 6 heteroatoms. The van der Waals surface area contributed by atoms with Gasteiger partial charge < -0.3 is 4.89 Å². The molecule has 0 bridgehead atoms. The van der Waals surface area contributed by atoms with Crippen molar-refractivity contribution in [1.82, 2.24) is 0 Å². The highest BCUT2D eigenvalue weighted by Crippen LogP contribution is 2.43. The average molecular weight is 214 g/mol. The van der Waals surface area contributed by atoms with Crippen molar-refractivity contribution in [2.45, 2.75) is 39.0 Å². The molecule has 0 saturated heterocycles. The van der Waals surface area contributed by atoms with E-state index in [9.17, 15) is 9.09 Å². The molecule has 0 radical (unpaired) electrons. The van der Waals surface area contributed by atoms with Crippen LogP contribution in [-0.4, -0.2) is 11.5 Å². The third-order valence-corrected chi connectivity index (χ3v) is 2.27. The molecule has 1 N–H and O–H groups in total. The van der Waals surface area contributed by atoms with Crippen LogP contribution < -0.4 is 0 Å². The largest absolute Gasteiger partial charge is 0.503 e. The minimum atomic E-state index is -4.40. The lowest BCUT2D eigenvalue weighted by molar-refractivity contribution is -0.0480. The standard InChI is InChI=1S/C7H16FO4P/c1-2-3-4-5-6-7-11-13(9,10)12-8/h2-7H2,1H3,(H,9,10). The fourth-order valence-corrected chi connectivity index (χ4v) is 1.31. The van der Waals surface area contributed by atoms with Crippen LogP contribution in [-0.2, 0) is 13.8 Å². The van der Waals surface area contributed by atoms with E-state index in [-0.39, 0.29) is 6.61 Å². The van der Waals surface area contributed by atoms with Crippen molar-refractivity contribution in [2.75, 3.05) is 6.61 Å². The zero-order valence-corrected chi connectivity index (χ0v) is 8.63. The summed E-state index contributed by atoms with van der Waals surface area (Å²) in [5.41, 5.74) is 0. The van der Waals surface area contributed by atoms with Crippen LogP contribution in [0.3, 0.4) is 0 Å². The summed E-state index contributed by atoms with van der Waals surface area (Å²) < 4.78 is 28.7. The molecule has 0 aromatic rings. The van der Waals surface area contributed by atoms with E-state index in [4.69, 9.17) is 4.89 Å². The molecule has 0 aliphatic heterocycles. The predicted molar refractivity (Wildman–Crippen MR) is 46.7 cm³/mol. The second-order valence-electron chi connectivity index (χ2n) is 2.78. The summed E-state index contributed by atoms with van der Waals surface area (Å²) in [7, 11) is -4.40. The van der Waals surface area contributed by atoms with Crippen LogP contribution in [0.25, 0.3) is 0 Å². The maximum absolute atomic E-state index is 11.3. The first kappa shape index (κ1) is 13.0. The normalized spacial score (nSPS) is 15.6. The van der Waals surface area contributed by atoms with Gasteiger partial charge in [-0.1, -0.05) is 37.3 Å². The Labute approximate surface area is 77.6 Å². The van der Waals surface area contributed by atoms with Gasteiger partial charge in [0, 0.05) is 0 Å². The first-order valence-electron chi connectivity index (χ1n) is 4.40. The van der Waals surface area contributed by atoms with E-state index >= 15 is 0 Å². The topological polar surface area (TPSA) is 55.8 Å². The molecule has 0 saturated carbocycles. The molecule has 0 aromatic carbocycles. The fourth-order valence-electron chi connectivity index (χ4n) is 0.905. The molecule has 4 nitrogen and oxygen atoms in total. The van der Waals surface area contributed by atoms with Crippen molar-refractivity contribution in [1.29, 1.82) is 0 Å². The Morgan fingerprint density at radius 1 is 1.31 bits per heavy atom. The van der Waals surface area contributed by atoms with Crippen molar-refractivity contribution >= 4 is 7.82 Å². The molecule has 0 fully saturated rings. The highest BCUT2D eigenvalue weighted by atomic mass is 31.2. The van der Waals surface area contributed by atoms with Gasteiger partial charge in [0.2, 0.25) is 0 Å². The van der Waals surface area contributed by atoms with Gasteiger partial charge in [-0.2, -0.15) is 0 Å². The first-order chi connectivity index (χ1) is 6.12. The van der Waals surface area contributed by atoms with Crippen LogP contribution in [0.1, 0.15) is 39.0 Å². The predicted octanol–water partition coefficient (Wildman–Crippen LogP) is 2.97. The van der Waals surface area contributed by atoms with E-state index in [0.29, 0.717) is 6.42 Å². The van der Waals surface area contributed by atoms with E-state index in [1.807, 2.05) is 0 Å². The Hall–Kier alpha value is 0.0400. The summed E-state index contributed by atoms with van der Waals surface area (Å²) in [5, 5.41) is 0. The molecule has 13 heavy (non-hydrogen) atoms. The zero-order chi connectivity index (χ0) is 10.2. The van der Waals surface area contributed by atoms with Gasteiger partial charge in [0.1, 0.15) is 0 Å². The third kappa shape index (κ3) is 8.37. The Balaban J connectivity index is 3.21. The van der Waals surface area contributed by atoms with Gasteiger partial charge in [-0.15, -0.1) is 0 Å². The van der Waals surface area contributed by atoms with Crippen molar-refractivity contribution in [3.05, 3.63) is 0 Å². The highest BCUT2D eigenvalue weighted by molar-refractivity contribution is 7.47. The van der Waals surface area contributed by atoms with Crippen LogP contribution in [0.15, 0.2) is 0 Å². The van der Waals surface area contributed by atoms with Gasteiger partial charge in [0.25, 0.3) is 0 Å². The first-order valence-corrected chi connectivity index (χ1v) is 5.89. The molecular formula is C7H16FO4P. The lowest BCUT2D eigenvalue weighted by atomic mass is 10.2. The van der Waals surface area contributed by atoms with Gasteiger partial charge in [-0.25, -0.2) is 4.57 Å². The summed E-state index contributed by atoms with van der Waals surface area (Å²) in [6.07, 6.45) is 4.89. The second kappa shape index (κ2) is 7.44. The van der Waals surface area contributed by atoms with E-state index in [1.54, 1.807) is 0 Å². The quantitative estimate of drug-likeness (QED) is 0.498. The third-order valence-electron chi connectivity index (χ3n) is 1.59. The van der Waals surface area contributed by atoms with Gasteiger partial charge >= 0.3 is 7.82 Å². The fraction of sp³-hybridized carbons (Fsp3) is 1.00. The lowest BCUT2D eigenvalue weighted by Gasteiger charge is -2.05. The van der Waals surface area contributed by atoms with Gasteiger partial charge in [-0.3, -0.25) is 4.52 Å². The molecule has 80 valence electrons. The molecule has 0 heterocycles. The second-order valence-corrected chi connectivity index (χ2v) is 4.12. The number of hydrogen-bond acceptors (Lipinski definition) is 3. The Kier molecular flexibility index (Phi) is 7.47. The minimum Gasteiger partial charge on any atom is -0.301 e. The lowest BCUT2D eigenvalue weighted by Crippen LogP contribution is -1.93. The maximum atomic E-state index is 11.3. The number of phosphoric ester groups is 1. The minimum absolute atomic E-state index is 0.0570. The van der Waals surface area contributed by atoms with Crippen LogP contribution >= 0.6 is 7.82 Å².